The topological polar surface area (TPSA) is 88.5 Å². The van der Waals surface area contributed by atoms with E-state index in [-0.39, 0.29) is 0 Å². The zero-order chi connectivity index (χ0) is 13.8. The normalized spacial score (nSPS) is 13.1. The maximum Gasteiger partial charge on any atom is 0.180 e. The van der Waals surface area contributed by atoms with Gasteiger partial charge in [-0.25, -0.2) is 9.97 Å². The van der Waals surface area contributed by atoms with Gasteiger partial charge in [0.15, 0.2) is 11.5 Å². The van der Waals surface area contributed by atoms with Crippen molar-refractivity contribution in [2.24, 2.45) is 5.92 Å². The Morgan fingerprint density at radius 3 is 2.84 bits per heavy atom. The summed E-state index contributed by atoms with van der Waals surface area (Å²) in [4.78, 5) is 8.45. The molecule has 4 N–H and O–H groups in total. The number of aliphatic hydroxyl groups is 1. The molecule has 0 aliphatic rings. The predicted molar refractivity (Wildman–Crippen MR) is 76.0 cm³/mol. The maximum atomic E-state index is 10.1. The molecule has 2 rings (SSSR count). The quantitative estimate of drug-likeness (QED) is 0.735. The third kappa shape index (κ3) is 2.96. The van der Waals surface area contributed by atoms with Gasteiger partial charge in [-0.05, 0) is 5.92 Å². The first-order chi connectivity index (χ1) is 9.15. The van der Waals surface area contributed by atoms with Gasteiger partial charge in [-0.15, -0.1) is 0 Å². The molecule has 0 aliphatic carbocycles. The minimum Gasteiger partial charge on any atom is -0.391 e. The van der Waals surface area contributed by atoms with Crippen LogP contribution in [0.5, 0.6) is 0 Å². The third-order valence-electron chi connectivity index (χ3n) is 3.46. The predicted octanol–water partition coefficient (Wildman–Crippen LogP) is 1.52. The fourth-order valence-corrected chi connectivity index (χ4v) is 2.27. The lowest BCUT2D eigenvalue weighted by Gasteiger charge is -2.20. The number of nitrogen functional groups attached to an aromatic ring is 1. The van der Waals surface area contributed by atoms with Gasteiger partial charge in [-0.1, -0.05) is 26.7 Å². The van der Waals surface area contributed by atoms with Gasteiger partial charge >= 0.3 is 0 Å². The highest BCUT2D eigenvalue weighted by molar-refractivity contribution is 5.64. The van der Waals surface area contributed by atoms with Crippen molar-refractivity contribution in [2.75, 3.05) is 17.6 Å². The van der Waals surface area contributed by atoms with E-state index in [9.17, 15) is 5.11 Å². The summed E-state index contributed by atoms with van der Waals surface area (Å²) in [6.07, 6.45) is 6.75. The van der Waals surface area contributed by atoms with Crippen molar-refractivity contribution in [3.8, 4) is 0 Å². The van der Waals surface area contributed by atoms with Gasteiger partial charge in [-0.2, -0.15) is 0 Å². The van der Waals surface area contributed by atoms with Gasteiger partial charge in [0.1, 0.15) is 5.82 Å². The Labute approximate surface area is 112 Å². The molecule has 0 spiro atoms. The molecule has 0 saturated carbocycles. The molecule has 0 amide bonds. The summed E-state index contributed by atoms with van der Waals surface area (Å²) in [5.41, 5.74) is 6.45. The molecule has 2 heterocycles. The van der Waals surface area contributed by atoms with Crippen LogP contribution in [0.25, 0.3) is 5.65 Å². The molecular formula is C13H21N5O. The van der Waals surface area contributed by atoms with Gasteiger partial charge in [0.25, 0.3) is 0 Å². The summed E-state index contributed by atoms with van der Waals surface area (Å²) >= 11 is 0. The number of nitrogens with one attached hydrogen (secondary N) is 1. The Hall–Kier alpha value is -1.82. The first kappa shape index (κ1) is 13.6. The number of hydrogen-bond acceptors (Lipinski definition) is 5. The maximum absolute atomic E-state index is 10.1. The zero-order valence-corrected chi connectivity index (χ0v) is 11.4. The smallest absolute Gasteiger partial charge is 0.180 e. The number of aromatic nitrogens is 3. The summed E-state index contributed by atoms with van der Waals surface area (Å²) in [5, 5.41) is 13.3. The number of hydrogen-bond donors (Lipinski definition) is 3. The highest BCUT2D eigenvalue weighted by Crippen LogP contribution is 2.17. The highest BCUT2D eigenvalue weighted by atomic mass is 16.3. The van der Waals surface area contributed by atoms with Crippen molar-refractivity contribution >= 4 is 17.3 Å². The Morgan fingerprint density at radius 2 is 2.16 bits per heavy atom. The molecule has 0 radical (unpaired) electrons. The molecule has 0 aromatic carbocycles. The van der Waals surface area contributed by atoms with Crippen molar-refractivity contribution in [2.45, 2.75) is 32.8 Å². The van der Waals surface area contributed by atoms with Crippen LogP contribution in [0.3, 0.4) is 0 Å². The van der Waals surface area contributed by atoms with Gasteiger partial charge in [0.2, 0.25) is 0 Å². The Balaban J connectivity index is 2.11. The average Bonchev–Trinajstić information content (AvgIpc) is 2.85. The summed E-state index contributed by atoms with van der Waals surface area (Å²) in [5.74, 6) is 1.32. The molecule has 0 bridgehead atoms. The second-order valence-corrected chi connectivity index (χ2v) is 4.70. The number of nitrogens with two attached hydrogens (primary N) is 1. The highest BCUT2D eigenvalue weighted by Gasteiger charge is 2.16. The number of imidazole rings is 1. The van der Waals surface area contributed by atoms with Crippen molar-refractivity contribution in [3.63, 3.8) is 0 Å². The van der Waals surface area contributed by atoms with Crippen molar-refractivity contribution < 1.29 is 5.11 Å². The van der Waals surface area contributed by atoms with E-state index in [1.807, 2.05) is 10.6 Å². The molecule has 104 valence electrons. The van der Waals surface area contributed by atoms with Crippen LogP contribution in [-0.2, 0) is 0 Å². The molecule has 0 fully saturated rings. The molecule has 2 aromatic heterocycles. The Morgan fingerprint density at radius 1 is 1.42 bits per heavy atom. The molecule has 6 nitrogen and oxygen atoms in total. The largest absolute Gasteiger partial charge is 0.391 e. The van der Waals surface area contributed by atoms with Gasteiger partial charge in [0.05, 0.1) is 12.3 Å². The van der Waals surface area contributed by atoms with Crippen LogP contribution < -0.4 is 11.1 Å². The van der Waals surface area contributed by atoms with Gasteiger partial charge in [-0.3, -0.25) is 0 Å². The lowest BCUT2D eigenvalue weighted by molar-refractivity contribution is 0.114. The Bertz CT molecular complexity index is 535. The van der Waals surface area contributed by atoms with E-state index in [4.69, 9.17) is 5.73 Å². The van der Waals surface area contributed by atoms with E-state index in [1.165, 1.54) is 0 Å². The molecular weight excluding hydrogens is 242 g/mol. The number of rotatable bonds is 6. The van der Waals surface area contributed by atoms with E-state index >= 15 is 0 Å². The molecule has 1 atom stereocenters. The SMILES string of the molecule is CCC(CC)C(O)CNc1nc(N)cn2ccnc12. The van der Waals surface area contributed by atoms with E-state index < -0.39 is 6.10 Å². The van der Waals surface area contributed by atoms with E-state index in [0.717, 1.165) is 12.8 Å². The molecule has 2 aromatic rings. The third-order valence-corrected chi connectivity index (χ3v) is 3.46. The van der Waals surface area contributed by atoms with E-state index in [1.54, 1.807) is 12.4 Å². The van der Waals surface area contributed by atoms with Gasteiger partial charge < -0.3 is 20.6 Å². The molecule has 0 saturated heterocycles. The number of nitrogens with zero attached hydrogens (tertiary/aromatic N) is 3. The minimum atomic E-state index is -0.395. The fraction of sp³-hybridized carbons (Fsp3) is 0.538. The number of anilines is 2. The molecule has 0 aliphatic heterocycles. The second kappa shape index (κ2) is 5.88. The Kier molecular flexibility index (Phi) is 4.21. The minimum absolute atomic E-state index is 0.296. The number of aliphatic hydroxyl groups excluding tert-OH is 1. The summed E-state index contributed by atoms with van der Waals surface area (Å²) in [7, 11) is 0. The van der Waals surface area contributed by atoms with Crippen LogP contribution in [-0.4, -0.2) is 32.1 Å². The number of fused-ring (bicyclic) bond motifs is 1. The lowest BCUT2D eigenvalue weighted by Crippen LogP contribution is -2.28. The molecule has 6 heteroatoms. The first-order valence-corrected chi connectivity index (χ1v) is 6.66. The average molecular weight is 263 g/mol. The van der Waals surface area contributed by atoms with Crippen LogP contribution in [0, 0.1) is 5.92 Å². The second-order valence-electron chi connectivity index (χ2n) is 4.70. The summed E-state index contributed by atoms with van der Waals surface area (Å²) in [6, 6.07) is 0. The van der Waals surface area contributed by atoms with Crippen LogP contribution in [0.1, 0.15) is 26.7 Å². The van der Waals surface area contributed by atoms with E-state index in [2.05, 4.69) is 29.1 Å². The van der Waals surface area contributed by atoms with E-state index in [0.29, 0.717) is 29.7 Å². The van der Waals surface area contributed by atoms with Crippen LogP contribution in [0.4, 0.5) is 11.6 Å². The van der Waals surface area contributed by atoms with Crippen LogP contribution in [0.15, 0.2) is 18.6 Å². The molecule has 19 heavy (non-hydrogen) atoms. The summed E-state index contributed by atoms with van der Waals surface area (Å²) in [6.45, 7) is 4.62. The molecule has 1 unspecified atom stereocenters. The summed E-state index contributed by atoms with van der Waals surface area (Å²) < 4.78 is 1.81. The van der Waals surface area contributed by atoms with Crippen molar-refractivity contribution in [1.29, 1.82) is 0 Å². The fourth-order valence-electron chi connectivity index (χ4n) is 2.27. The van der Waals surface area contributed by atoms with Gasteiger partial charge in [0, 0.05) is 18.9 Å². The first-order valence-electron chi connectivity index (χ1n) is 6.66. The van der Waals surface area contributed by atoms with Crippen molar-refractivity contribution in [1.82, 2.24) is 14.4 Å². The van der Waals surface area contributed by atoms with Crippen LogP contribution in [0.2, 0.25) is 0 Å². The standard InChI is InChI=1S/C13H21N5O/c1-3-9(4-2)10(19)7-16-12-13-15-5-6-18(13)8-11(14)17-12/h5-6,8-10,19H,3-4,7,14H2,1-2H3,(H,16,17). The van der Waals surface area contributed by atoms with Crippen molar-refractivity contribution in [3.05, 3.63) is 18.6 Å². The monoisotopic (exact) mass is 263 g/mol. The lowest BCUT2D eigenvalue weighted by atomic mass is 9.97. The van der Waals surface area contributed by atoms with Crippen LogP contribution >= 0.6 is 0 Å². The zero-order valence-electron chi connectivity index (χ0n) is 11.4.